The van der Waals surface area contributed by atoms with E-state index < -0.39 is 41.3 Å². The van der Waals surface area contributed by atoms with Crippen LogP contribution in [0.25, 0.3) is 11.3 Å². The maximum absolute atomic E-state index is 13.4. The van der Waals surface area contributed by atoms with Crippen LogP contribution in [-0.2, 0) is 60.1 Å². The first kappa shape index (κ1) is 45.3. The molecule has 3 aromatic rings. The van der Waals surface area contributed by atoms with Gasteiger partial charge in [0.15, 0.2) is 5.91 Å². The van der Waals surface area contributed by atoms with E-state index in [1.54, 1.807) is 32.9 Å². The van der Waals surface area contributed by atoms with Crippen LogP contribution in [0.1, 0.15) is 98.2 Å². The van der Waals surface area contributed by atoms with Gasteiger partial charge in [0.2, 0.25) is 23.6 Å². The first-order valence-corrected chi connectivity index (χ1v) is 20.2. The van der Waals surface area contributed by atoms with Crippen LogP contribution >= 0.6 is 0 Å². The minimum atomic E-state index is -0.948. The first-order chi connectivity index (χ1) is 27.7. The van der Waals surface area contributed by atoms with Crippen LogP contribution in [0.4, 0.5) is 0 Å². The summed E-state index contributed by atoms with van der Waals surface area (Å²) in [5.74, 6) is -0.327. The van der Waals surface area contributed by atoms with E-state index in [1.165, 1.54) is 10.5 Å². The summed E-state index contributed by atoms with van der Waals surface area (Å²) in [6.45, 7) is 9.06. The van der Waals surface area contributed by atoms with Crippen molar-refractivity contribution in [2.75, 3.05) is 32.9 Å². The van der Waals surface area contributed by atoms with Gasteiger partial charge in [-0.15, -0.1) is 11.6 Å². The van der Waals surface area contributed by atoms with Gasteiger partial charge in [0, 0.05) is 79.6 Å². The van der Waals surface area contributed by atoms with Gasteiger partial charge in [-0.05, 0) is 48.3 Å². The number of likely N-dealkylation sites (tertiary alicyclic amines) is 1. The molecule has 1 fully saturated rings. The molecule has 1 radical (unpaired) electrons. The SMILES string of the molecule is Cc1[c-]cc(C(=O)NC2CCc3ccc(-c4cn5c(n4)CCC5)cc32)cc1OCCCNC(=O)CCOCCC(=O)N[C@H](C(=O)N1C[C@H](O)C[C@H]1C(N)=O)C(C)(C)C.[Co]. The largest absolute Gasteiger partial charge is 0.551 e. The quantitative estimate of drug-likeness (QED) is 0.0999. The first-order valence-electron chi connectivity index (χ1n) is 20.2. The zero-order chi connectivity index (χ0) is 41.6. The average Bonchev–Trinajstić information content (AvgIpc) is 3.97. The molecular weight excluding hydrogens is 801 g/mol. The molecule has 4 atom stereocenters. The molecule has 321 valence electrons. The van der Waals surface area contributed by atoms with Crippen molar-refractivity contribution in [2.45, 2.75) is 110 Å². The molecule has 2 aliphatic heterocycles. The Balaban J connectivity index is 0.00000661. The van der Waals surface area contributed by atoms with Crippen LogP contribution in [0, 0.1) is 18.4 Å². The number of hydrogen-bond acceptors (Lipinski definition) is 9. The van der Waals surface area contributed by atoms with E-state index in [1.807, 2.05) is 6.92 Å². The molecule has 1 saturated heterocycles. The number of nitrogens with two attached hydrogens (primary N) is 1. The summed E-state index contributed by atoms with van der Waals surface area (Å²) >= 11 is 0. The van der Waals surface area contributed by atoms with E-state index in [0.717, 1.165) is 60.4 Å². The minimum absolute atomic E-state index is 0. The zero-order valence-corrected chi connectivity index (χ0v) is 35.3. The van der Waals surface area contributed by atoms with Crippen LogP contribution < -0.4 is 26.4 Å². The van der Waals surface area contributed by atoms with Gasteiger partial charge in [-0.1, -0.05) is 45.4 Å². The number of nitrogens with one attached hydrogen (secondary N) is 3. The number of β-amino-alcohol motifs (C(OH)–C–C–N with tert-alkyl or cyclic N) is 1. The Labute approximate surface area is 355 Å². The number of aromatic nitrogens is 2. The number of nitrogens with zero attached hydrogens (tertiary/aromatic N) is 3. The molecule has 0 spiro atoms. The smallest absolute Gasteiger partial charge is 0.246 e. The van der Waals surface area contributed by atoms with Crippen molar-refractivity contribution in [3.05, 3.63) is 70.7 Å². The molecule has 1 aromatic heterocycles. The molecule has 1 unspecified atom stereocenters. The van der Waals surface area contributed by atoms with Gasteiger partial charge in [-0.2, -0.15) is 12.1 Å². The van der Waals surface area contributed by atoms with Crippen LogP contribution in [0.2, 0.25) is 0 Å². The third-order valence-electron chi connectivity index (χ3n) is 11.0. The number of primary amides is 1. The second kappa shape index (κ2) is 20.0. The third kappa shape index (κ3) is 11.5. The predicted molar refractivity (Wildman–Crippen MR) is 214 cm³/mol. The number of aryl methyl sites for hydroxylation is 4. The molecule has 59 heavy (non-hydrogen) atoms. The number of ether oxygens (including phenoxy) is 2. The van der Waals surface area contributed by atoms with Gasteiger partial charge in [0.05, 0.1) is 37.7 Å². The molecular formula is C43H56CoN7O8-. The van der Waals surface area contributed by atoms with E-state index >= 15 is 0 Å². The van der Waals surface area contributed by atoms with Gasteiger partial charge in [0.25, 0.3) is 0 Å². The number of aliphatic hydroxyl groups excluding tert-OH is 1. The summed E-state index contributed by atoms with van der Waals surface area (Å²) in [4.78, 5) is 69.8. The molecule has 16 heteroatoms. The summed E-state index contributed by atoms with van der Waals surface area (Å²) in [5.41, 5.74) is 10.4. The van der Waals surface area contributed by atoms with Crippen LogP contribution in [0.5, 0.6) is 5.75 Å². The van der Waals surface area contributed by atoms with Crippen molar-refractivity contribution in [1.29, 1.82) is 0 Å². The van der Waals surface area contributed by atoms with Gasteiger partial charge in [-0.25, -0.2) is 4.98 Å². The van der Waals surface area contributed by atoms with Crippen molar-refractivity contribution in [3.63, 3.8) is 0 Å². The fourth-order valence-electron chi connectivity index (χ4n) is 7.75. The Morgan fingerprint density at radius 2 is 1.83 bits per heavy atom. The molecule has 1 aliphatic carbocycles. The second-order valence-electron chi connectivity index (χ2n) is 16.5. The third-order valence-corrected chi connectivity index (χ3v) is 11.0. The van der Waals surface area contributed by atoms with Gasteiger partial charge in [0.1, 0.15) is 17.9 Å². The molecule has 6 N–H and O–H groups in total. The number of hydrogen-bond donors (Lipinski definition) is 5. The second-order valence-corrected chi connectivity index (χ2v) is 16.5. The van der Waals surface area contributed by atoms with Crippen LogP contribution in [0.3, 0.4) is 0 Å². The van der Waals surface area contributed by atoms with E-state index in [0.29, 0.717) is 30.9 Å². The monoisotopic (exact) mass is 857 g/mol. The maximum Gasteiger partial charge on any atom is 0.246 e. The van der Waals surface area contributed by atoms with Crippen molar-refractivity contribution in [2.24, 2.45) is 11.1 Å². The molecule has 2 aromatic carbocycles. The topological polar surface area (TPSA) is 207 Å². The Morgan fingerprint density at radius 1 is 1.07 bits per heavy atom. The Hall–Kier alpha value is -4.77. The van der Waals surface area contributed by atoms with Gasteiger partial charge in [-0.3, -0.25) is 24.0 Å². The van der Waals surface area contributed by atoms with Crippen molar-refractivity contribution in [1.82, 2.24) is 30.4 Å². The van der Waals surface area contributed by atoms with Crippen LogP contribution in [-0.4, -0.2) is 100 Å². The normalized spacial score (nSPS) is 18.7. The Morgan fingerprint density at radius 3 is 2.56 bits per heavy atom. The average molecular weight is 858 g/mol. The van der Waals surface area contributed by atoms with Crippen molar-refractivity contribution in [3.8, 4) is 17.0 Å². The summed E-state index contributed by atoms with van der Waals surface area (Å²) < 4.78 is 13.7. The zero-order valence-electron chi connectivity index (χ0n) is 34.2. The van der Waals surface area contributed by atoms with E-state index in [-0.39, 0.29) is 73.7 Å². The van der Waals surface area contributed by atoms with Gasteiger partial charge >= 0.3 is 0 Å². The Bertz CT molecular complexity index is 1990. The predicted octanol–water partition coefficient (Wildman–Crippen LogP) is 2.68. The molecule has 5 amide bonds. The van der Waals surface area contributed by atoms with E-state index in [2.05, 4.69) is 51.0 Å². The number of rotatable bonds is 17. The molecule has 3 aliphatic rings. The standard InChI is InChI=1S/C43H56N7O8.Co/c1-26-8-9-29(41(55)47-32-13-12-27-10-11-28(21-31(27)32)33-25-49-17-5-7-36(49)46-33)22-35(26)58-18-6-16-45-37(52)14-19-57-20-15-38(53)48-39(43(2,3)4)42(56)50-24-30(51)23-34(50)40(44)54;/h9-11,21-22,25,30,32,34,39,51H,5-7,12-20,23-24H2,1-4H3,(H2,44,54)(H,45,52)(H,47,55)(H,48,53);/q-1;/t30-,32?,34+,39-;/m1./s1. The molecule has 6 rings (SSSR count). The molecule has 0 saturated carbocycles. The summed E-state index contributed by atoms with van der Waals surface area (Å²) in [6, 6.07) is 11.0. The Kier molecular flexibility index (Phi) is 15.4. The minimum Gasteiger partial charge on any atom is -0.551 e. The number of imidazole rings is 1. The number of fused-ring (bicyclic) bond motifs is 2. The fraction of sp³-hybridized carbons (Fsp3) is 0.535. The van der Waals surface area contributed by atoms with Crippen LogP contribution in [0.15, 0.2) is 36.5 Å². The number of aliphatic hydroxyl groups is 1. The summed E-state index contributed by atoms with van der Waals surface area (Å²) in [6.07, 6.45) is 5.78. The number of amides is 5. The van der Waals surface area contributed by atoms with E-state index in [9.17, 15) is 29.1 Å². The van der Waals surface area contributed by atoms with Crippen molar-refractivity contribution < 1.29 is 55.3 Å². The number of carbonyl (C=O) groups excluding carboxylic acids is 5. The molecule has 3 heterocycles. The molecule has 15 nitrogen and oxygen atoms in total. The summed E-state index contributed by atoms with van der Waals surface area (Å²) in [7, 11) is 0. The molecule has 0 bridgehead atoms. The fourth-order valence-corrected chi connectivity index (χ4v) is 7.75. The number of carbonyl (C=O) groups is 5. The van der Waals surface area contributed by atoms with Gasteiger partial charge < -0.3 is 45.7 Å². The van der Waals surface area contributed by atoms with Crippen molar-refractivity contribution >= 4 is 29.5 Å². The number of benzene rings is 2. The summed E-state index contributed by atoms with van der Waals surface area (Å²) in [5, 5.41) is 18.8. The van der Waals surface area contributed by atoms with E-state index in [4.69, 9.17) is 20.2 Å². The maximum atomic E-state index is 13.4.